The smallest absolute Gasteiger partial charge is 0.396 e. The first-order chi connectivity index (χ1) is 8.03. The van der Waals surface area contributed by atoms with E-state index in [4.69, 9.17) is 5.11 Å². The maximum atomic E-state index is 11.8. The Kier molecular flexibility index (Phi) is 6.22. The molecule has 0 heterocycles. The molecule has 0 aromatic heterocycles. The molecule has 0 aromatic carbocycles. The second-order valence-electron chi connectivity index (χ2n) is 4.37. The first kappa shape index (κ1) is 14.7. The van der Waals surface area contributed by atoms with Crippen LogP contribution in [0.4, 0.5) is 13.2 Å². The number of nitrogens with zero attached hydrogens (tertiary/aromatic N) is 1. The van der Waals surface area contributed by atoms with E-state index in [1.165, 1.54) is 6.42 Å². The van der Waals surface area contributed by atoms with Gasteiger partial charge < -0.3 is 9.84 Å². The molecule has 17 heavy (non-hydrogen) atoms. The summed E-state index contributed by atoms with van der Waals surface area (Å²) < 4.78 is 40.1. The fourth-order valence-electron chi connectivity index (χ4n) is 1.87. The molecule has 1 aliphatic carbocycles. The van der Waals surface area contributed by atoms with Crippen LogP contribution in [0.15, 0.2) is 0 Å². The summed E-state index contributed by atoms with van der Waals surface area (Å²) in [6.45, 7) is 0.289. The Balaban J connectivity index is 2.14. The van der Waals surface area contributed by atoms with E-state index in [1.54, 1.807) is 0 Å². The molecule has 6 heteroatoms. The maximum absolute atomic E-state index is 11.8. The average molecular weight is 255 g/mol. The Morgan fingerprint density at radius 3 is 2.41 bits per heavy atom. The third-order valence-corrected chi connectivity index (χ3v) is 2.98. The predicted octanol–water partition coefficient (Wildman–Crippen LogP) is 1.80. The lowest BCUT2D eigenvalue weighted by molar-refractivity contribution is -0.175. The van der Waals surface area contributed by atoms with Crippen molar-refractivity contribution in [3.63, 3.8) is 0 Å². The predicted molar refractivity (Wildman–Crippen MR) is 57.8 cm³/mol. The molecule has 0 spiro atoms. The van der Waals surface area contributed by atoms with Crippen LogP contribution in [0.1, 0.15) is 25.7 Å². The van der Waals surface area contributed by atoms with Crippen molar-refractivity contribution in [1.82, 2.24) is 4.90 Å². The van der Waals surface area contributed by atoms with Gasteiger partial charge in [0.15, 0.2) is 0 Å². The van der Waals surface area contributed by atoms with Gasteiger partial charge in [-0.1, -0.05) is 6.42 Å². The van der Waals surface area contributed by atoms with Gasteiger partial charge in [-0.05, 0) is 19.3 Å². The van der Waals surface area contributed by atoms with Crippen LogP contribution in [0.2, 0.25) is 0 Å². The summed E-state index contributed by atoms with van der Waals surface area (Å²) in [6, 6.07) is 0.469. The minimum atomic E-state index is -4.24. The molecule has 0 aliphatic heterocycles. The van der Waals surface area contributed by atoms with Crippen molar-refractivity contribution in [2.45, 2.75) is 37.9 Å². The molecule has 1 fully saturated rings. The second-order valence-corrected chi connectivity index (χ2v) is 4.37. The molecule has 3 nitrogen and oxygen atoms in total. The number of rotatable bonds is 8. The second kappa shape index (κ2) is 7.18. The molecule has 0 unspecified atom stereocenters. The van der Waals surface area contributed by atoms with Gasteiger partial charge in [0.25, 0.3) is 0 Å². The topological polar surface area (TPSA) is 32.7 Å². The summed E-state index contributed by atoms with van der Waals surface area (Å²) in [7, 11) is 0. The van der Waals surface area contributed by atoms with E-state index < -0.39 is 12.8 Å². The summed E-state index contributed by atoms with van der Waals surface area (Å²) in [5.41, 5.74) is 0. The molecule has 1 rings (SSSR count). The standard InChI is InChI=1S/C11H20F3NO2/c12-11(13,14)9-17-8-6-15(5-2-7-16)10-3-1-4-10/h10,16H,1-9H2. The maximum Gasteiger partial charge on any atom is 0.411 e. The van der Waals surface area contributed by atoms with Gasteiger partial charge in [-0.3, -0.25) is 4.90 Å². The average Bonchev–Trinajstić information content (AvgIpc) is 2.16. The highest BCUT2D eigenvalue weighted by Crippen LogP contribution is 2.24. The van der Waals surface area contributed by atoms with E-state index in [9.17, 15) is 13.2 Å². The third-order valence-electron chi connectivity index (χ3n) is 2.98. The molecule has 0 radical (unpaired) electrons. The SMILES string of the molecule is OCCCN(CCOCC(F)(F)F)C1CCC1. The lowest BCUT2D eigenvalue weighted by Gasteiger charge is -2.37. The highest BCUT2D eigenvalue weighted by Gasteiger charge is 2.28. The van der Waals surface area contributed by atoms with Crippen LogP contribution >= 0.6 is 0 Å². The highest BCUT2D eigenvalue weighted by molar-refractivity contribution is 4.79. The minimum absolute atomic E-state index is 0.0986. The number of hydrogen-bond acceptors (Lipinski definition) is 3. The van der Waals surface area contributed by atoms with E-state index in [0.717, 1.165) is 19.4 Å². The van der Waals surface area contributed by atoms with E-state index in [1.807, 2.05) is 0 Å². The number of hydrogen-bond donors (Lipinski definition) is 1. The van der Waals surface area contributed by atoms with Gasteiger partial charge in [0, 0.05) is 25.7 Å². The largest absolute Gasteiger partial charge is 0.411 e. The summed E-state index contributed by atoms with van der Waals surface area (Å²) in [5.74, 6) is 0. The summed E-state index contributed by atoms with van der Waals surface area (Å²) in [6.07, 6.45) is -0.193. The molecular formula is C11H20F3NO2. The Morgan fingerprint density at radius 1 is 1.24 bits per heavy atom. The highest BCUT2D eigenvalue weighted by atomic mass is 19.4. The Labute approximate surface area is 99.5 Å². The third kappa shape index (κ3) is 6.24. The first-order valence-electron chi connectivity index (χ1n) is 6.02. The van der Waals surface area contributed by atoms with Gasteiger partial charge in [-0.25, -0.2) is 0 Å². The van der Waals surface area contributed by atoms with Gasteiger partial charge >= 0.3 is 6.18 Å². The lowest BCUT2D eigenvalue weighted by atomic mass is 9.91. The minimum Gasteiger partial charge on any atom is -0.396 e. The van der Waals surface area contributed by atoms with E-state index in [0.29, 0.717) is 19.0 Å². The van der Waals surface area contributed by atoms with Gasteiger partial charge in [0.05, 0.1) is 6.61 Å². The molecule has 0 amide bonds. The molecule has 1 aliphatic rings. The van der Waals surface area contributed by atoms with Crippen LogP contribution in [0.3, 0.4) is 0 Å². The van der Waals surface area contributed by atoms with Crippen molar-refractivity contribution in [3.05, 3.63) is 0 Å². The van der Waals surface area contributed by atoms with Crippen LogP contribution in [0, 0.1) is 0 Å². The molecule has 0 saturated heterocycles. The van der Waals surface area contributed by atoms with Crippen LogP contribution in [-0.4, -0.2) is 55.1 Å². The number of ether oxygens (including phenoxy) is 1. The van der Waals surface area contributed by atoms with Crippen molar-refractivity contribution < 1.29 is 23.0 Å². The van der Waals surface area contributed by atoms with Gasteiger partial charge in [-0.2, -0.15) is 13.2 Å². The zero-order chi connectivity index (χ0) is 12.7. The fourth-order valence-corrected chi connectivity index (χ4v) is 1.87. The van der Waals surface area contributed by atoms with Crippen molar-refractivity contribution in [2.24, 2.45) is 0 Å². The Morgan fingerprint density at radius 2 is 1.94 bits per heavy atom. The Bertz CT molecular complexity index is 207. The molecule has 0 atom stereocenters. The van der Waals surface area contributed by atoms with Crippen LogP contribution < -0.4 is 0 Å². The number of halogens is 3. The summed E-state index contributed by atoms with van der Waals surface area (Å²) in [4.78, 5) is 2.12. The van der Waals surface area contributed by atoms with Gasteiger partial charge in [0.1, 0.15) is 6.61 Å². The Hall–Kier alpha value is -0.330. The number of aliphatic hydroxyl groups is 1. The zero-order valence-electron chi connectivity index (χ0n) is 9.88. The molecule has 0 aromatic rings. The van der Waals surface area contributed by atoms with Gasteiger partial charge in [0.2, 0.25) is 0 Å². The van der Waals surface area contributed by atoms with Crippen LogP contribution in [0.5, 0.6) is 0 Å². The summed E-state index contributed by atoms with van der Waals surface area (Å²) in [5, 5.41) is 8.76. The van der Waals surface area contributed by atoms with Crippen LogP contribution in [-0.2, 0) is 4.74 Å². The van der Waals surface area contributed by atoms with Gasteiger partial charge in [-0.15, -0.1) is 0 Å². The quantitative estimate of drug-likeness (QED) is 0.671. The molecule has 102 valence electrons. The number of aliphatic hydroxyl groups excluding tert-OH is 1. The zero-order valence-corrected chi connectivity index (χ0v) is 9.88. The van der Waals surface area contributed by atoms with Crippen molar-refractivity contribution >= 4 is 0 Å². The number of alkyl halides is 3. The monoisotopic (exact) mass is 255 g/mol. The van der Waals surface area contributed by atoms with Crippen molar-refractivity contribution in [1.29, 1.82) is 0 Å². The fraction of sp³-hybridized carbons (Fsp3) is 1.00. The molecule has 1 saturated carbocycles. The summed E-state index contributed by atoms with van der Waals surface area (Å²) >= 11 is 0. The molecular weight excluding hydrogens is 235 g/mol. The lowest BCUT2D eigenvalue weighted by Crippen LogP contribution is -2.43. The van der Waals surface area contributed by atoms with E-state index >= 15 is 0 Å². The van der Waals surface area contributed by atoms with Crippen molar-refractivity contribution in [3.8, 4) is 0 Å². The van der Waals surface area contributed by atoms with Crippen LogP contribution in [0.25, 0.3) is 0 Å². The van der Waals surface area contributed by atoms with E-state index in [-0.39, 0.29) is 13.2 Å². The normalized spacial score (nSPS) is 17.5. The van der Waals surface area contributed by atoms with Crippen molar-refractivity contribution in [2.75, 3.05) is 32.9 Å². The molecule has 1 N–H and O–H groups in total. The van der Waals surface area contributed by atoms with E-state index in [2.05, 4.69) is 9.64 Å². The molecule has 0 bridgehead atoms. The first-order valence-corrected chi connectivity index (χ1v) is 6.02.